The summed E-state index contributed by atoms with van der Waals surface area (Å²) in [6, 6.07) is 15.4. The van der Waals surface area contributed by atoms with Crippen LogP contribution in [0.25, 0.3) is 0 Å². The van der Waals surface area contributed by atoms with Gasteiger partial charge in [0.25, 0.3) is 0 Å². The summed E-state index contributed by atoms with van der Waals surface area (Å²) in [6.07, 6.45) is 1.42. The van der Waals surface area contributed by atoms with Crippen LogP contribution in [-0.2, 0) is 21.9 Å². The predicted octanol–water partition coefficient (Wildman–Crippen LogP) is 4.57. The van der Waals surface area contributed by atoms with Gasteiger partial charge in [-0.15, -0.1) is 11.8 Å². The molecular formula is C25H34N2O3S. The fraction of sp³-hybridized carbons (Fsp3) is 0.440. The van der Waals surface area contributed by atoms with Gasteiger partial charge < -0.3 is 15.0 Å². The number of nitrogens with one attached hydrogen (secondary N) is 1. The number of nitrogens with zero attached hydrogens (tertiary/aromatic N) is 1. The van der Waals surface area contributed by atoms with Crippen molar-refractivity contribution >= 4 is 23.6 Å². The maximum atomic E-state index is 13.2. The molecule has 2 aromatic rings. The van der Waals surface area contributed by atoms with Crippen molar-refractivity contribution in [2.24, 2.45) is 0 Å². The van der Waals surface area contributed by atoms with Crippen LogP contribution in [0.1, 0.15) is 43.4 Å². The van der Waals surface area contributed by atoms with Crippen molar-refractivity contribution in [1.29, 1.82) is 0 Å². The molecule has 1 N–H and O–H groups in total. The molecule has 168 valence electrons. The minimum atomic E-state index is -0.496. The Kier molecular flexibility index (Phi) is 10.4. The fourth-order valence-corrected chi connectivity index (χ4v) is 4.34. The highest BCUT2D eigenvalue weighted by Gasteiger charge is 2.28. The zero-order chi connectivity index (χ0) is 22.6. The highest BCUT2D eigenvalue weighted by Crippen LogP contribution is 2.20. The first kappa shape index (κ1) is 24.8. The Balaban J connectivity index is 2.15. The zero-order valence-electron chi connectivity index (χ0n) is 19.0. The van der Waals surface area contributed by atoms with Crippen LogP contribution in [0.15, 0.2) is 48.5 Å². The van der Waals surface area contributed by atoms with Crippen molar-refractivity contribution in [2.45, 2.75) is 52.0 Å². The Morgan fingerprint density at radius 1 is 1.13 bits per heavy atom. The summed E-state index contributed by atoms with van der Waals surface area (Å²) >= 11 is 1.59. The van der Waals surface area contributed by atoms with Gasteiger partial charge in [0.1, 0.15) is 11.8 Å². The molecule has 2 amide bonds. The van der Waals surface area contributed by atoms with Crippen molar-refractivity contribution in [2.75, 3.05) is 19.4 Å². The zero-order valence-corrected chi connectivity index (χ0v) is 19.8. The summed E-state index contributed by atoms with van der Waals surface area (Å²) in [5.41, 5.74) is 3.40. The van der Waals surface area contributed by atoms with Crippen molar-refractivity contribution in [3.05, 3.63) is 65.2 Å². The molecule has 31 heavy (non-hydrogen) atoms. The molecule has 2 rings (SSSR count). The van der Waals surface area contributed by atoms with Gasteiger partial charge in [-0.2, -0.15) is 0 Å². The molecule has 0 aliphatic carbocycles. The molecular weight excluding hydrogens is 408 g/mol. The maximum Gasteiger partial charge on any atom is 0.242 e. The fourth-order valence-electron chi connectivity index (χ4n) is 3.36. The highest BCUT2D eigenvalue weighted by atomic mass is 32.2. The number of methoxy groups -OCH3 is 1. The molecule has 0 aliphatic rings. The van der Waals surface area contributed by atoms with E-state index in [1.54, 1.807) is 23.8 Å². The summed E-state index contributed by atoms with van der Waals surface area (Å²) in [6.45, 7) is 7.03. The van der Waals surface area contributed by atoms with Crippen LogP contribution >= 0.6 is 11.8 Å². The number of aryl methyl sites for hydroxylation is 1. The molecule has 0 fully saturated rings. The number of rotatable bonds is 12. The Bertz CT molecular complexity index is 856. The molecule has 0 spiro atoms. The molecule has 0 bridgehead atoms. The summed E-state index contributed by atoms with van der Waals surface area (Å²) in [5.74, 6) is 1.71. The molecule has 0 radical (unpaired) electrons. The van der Waals surface area contributed by atoms with Crippen LogP contribution in [0, 0.1) is 6.92 Å². The summed E-state index contributed by atoms with van der Waals surface area (Å²) in [4.78, 5) is 27.8. The monoisotopic (exact) mass is 442 g/mol. The normalized spacial score (nSPS) is 11.6. The molecule has 1 unspecified atom stereocenters. The van der Waals surface area contributed by atoms with Crippen LogP contribution in [0.3, 0.4) is 0 Å². The molecule has 0 saturated heterocycles. The van der Waals surface area contributed by atoms with Crippen molar-refractivity contribution in [3.8, 4) is 5.75 Å². The van der Waals surface area contributed by atoms with E-state index in [0.29, 0.717) is 25.3 Å². The number of carbonyl (C=O) groups is 2. The minimum absolute atomic E-state index is 0.0279. The first-order valence-corrected chi connectivity index (χ1v) is 12.0. The van der Waals surface area contributed by atoms with E-state index in [-0.39, 0.29) is 11.8 Å². The Morgan fingerprint density at radius 3 is 2.58 bits per heavy atom. The quantitative estimate of drug-likeness (QED) is 0.523. The van der Waals surface area contributed by atoms with E-state index in [0.717, 1.165) is 23.5 Å². The number of thioether (sulfide) groups is 1. The third-order valence-electron chi connectivity index (χ3n) is 5.17. The van der Waals surface area contributed by atoms with E-state index in [1.807, 2.05) is 50.2 Å². The van der Waals surface area contributed by atoms with Crippen LogP contribution < -0.4 is 10.1 Å². The summed E-state index contributed by atoms with van der Waals surface area (Å²) < 4.78 is 5.32. The summed E-state index contributed by atoms with van der Waals surface area (Å²) in [7, 11) is 1.62. The van der Waals surface area contributed by atoms with Gasteiger partial charge >= 0.3 is 0 Å². The van der Waals surface area contributed by atoms with Gasteiger partial charge in [0, 0.05) is 18.8 Å². The van der Waals surface area contributed by atoms with E-state index in [1.165, 1.54) is 11.1 Å². The average molecular weight is 443 g/mol. The van der Waals surface area contributed by atoms with Crippen LogP contribution in [0.5, 0.6) is 5.75 Å². The van der Waals surface area contributed by atoms with Crippen molar-refractivity contribution in [3.63, 3.8) is 0 Å². The standard InChI is InChI=1S/C25H34N2O3S/c1-5-14-26-25(29)23(6-2)27(16-20-11-9-13-22(15-20)30-4)24(28)18-31-17-21-12-8-7-10-19(21)3/h7-13,15,23H,5-6,14,16-18H2,1-4H3,(H,26,29). The number of ether oxygens (including phenoxy) is 1. The van der Waals surface area contributed by atoms with E-state index >= 15 is 0 Å². The lowest BCUT2D eigenvalue weighted by molar-refractivity contribution is -0.139. The van der Waals surface area contributed by atoms with Gasteiger partial charge in [-0.3, -0.25) is 9.59 Å². The molecule has 6 heteroatoms. The summed E-state index contributed by atoms with van der Waals surface area (Å²) in [5, 5.41) is 2.95. The maximum absolute atomic E-state index is 13.2. The largest absolute Gasteiger partial charge is 0.497 e. The topological polar surface area (TPSA) is 58.6 Å². The number of hydrogen-bond acceptors (Lipinski definition) is 4. The first-order chi connectivity index (χ1) is 15.0. The van der Waals surface area contributed by atoms with Gasteiger partial charge in [0.2, 0.25) is 11.8 Å². The molecule has 0 heterocycles. The second-order valence-corrected chi connectivity index (χ2v) is 8.49. The number of hydrogen-bond donors (Lipinski definition) is 1. The number of benzene rings is 2. The molecule has 1 atom stereocenters. The SMILES string of the molecule is CCCNC(=O)C(CC)N(Cc1cccc(OC)c1)C(=O)CSCc1ccccc1C. The molecule has 0 saturated carbocycles. The van der Waals surface area contributed by atoms with Gasteiger partial charge in [0.15, 0.2) is 0 Å². The van der Waals surface area contributed by atoms with Gasteiger partial charge in [-0.05, 0) is 48.6 Å². The Labute approximate surface area is 190 Å². The molecule has 5 nitrogen and oxygen atoms in total. The second-order valence-electron chi connectivity index (χ2n) is 7.51. The lowest BCUT2D eigenvalue weighted by Gasteiger charge is -2.30. The molecule has 0 aliphatic heterocycles. The van der Waals surface area contributed by atoms with E-state index in [2.05, 4.69) is 24.4 Å². The van der Waals surface area contributed by atoms with Crippen LogP contribution in [0.4, 0.5) is 0 Å². The number of amides is 2. The molecule has 2 aromatic carbocycles. The predicted molar refractivity (Wildman–Crippen MR) is 128 cm³/mol. The average Bonchev–Trinajstić information content (AvgIpc) is 2.78. The lowest BCUT2D eigenvalue weighted by Crippen LogP contribution is -2.49. The Hall–Kier alpha value is -2.47. The van der Waals surface area contributed by atoms with Crippen molar-refractivity contribution in [1.82, 2.24) is 10.2 Å². The minimum Gasteiger partial charge on any atom is -0.497 e. The molecule has 0 aromatic heterocycles. The third-order valence-corrected chi connectivity index (χ3v) is 6.13. The number of carbonyl (C=O) groups excluding carboxylic acids is 2. The first-order valence-electron chi connectivity index (χ1n) is 10.8. The van der Waals surface area contributed by atoms with Gasteiger partial charge in [-0.25, -0.2) is 0 Å². The van der Waals surface area contributed by atoms with Crippen LogP contribution in [0.2, 0.25) is 0 Å². The smallest absolute Gasteiger partial charge is 0.242 e. The van der Waals surface area contributed by atoms with Gasteiger partial charge in [0.05, 0.1) is 12.9 Å². The van der Waals surface area contributed by atoms with Crippen LogP contribution in [-0.4, -0.2) is 42.2 Å². The second kappa shape index (κ2) is 13.1. The van der Waals surface area contributed by atoms with Gasteiger partial charge in [-0.1, -0.05) is 50.2 Å². The van der Waals surface area contributed by atoms with E-state index < -0.39 is 6.04 Å². The third kappa shape index (κ3) is 7.62. The Morgan fingerprint density at radius 2 is 1.90 bits per heavy atom. The lowest BCUT2D eigenvalue weighted by atomic mass is 10.1. The van der Waals surface area contributed by atoms with Crippen molar-refractivity contribution < 1.29 is 14.3 Å². The van der Waals surface area contributed by atoms with E-state index in [9.17, 15) is 9.59 Å². The highest BCUT2D eigenvalue weighted by molar-refractivity contribution is 7.99. The van der Waals surface area contributed by atoms with E-state index in [4.69, 9.17) is 4.74 Å².